The van der Waals surface area contributed by atoms with Crippen LogP contribution < -0.4 is 4.74 Å². The van der Waals surface area contributed by atoms with Crippen LogP contribution in [0.15, 0.2) is 48.7 Å². The first-order valence-corrected chi connectivity index (χ1v) is 10.5. The fourth-order valence-corrected chi connectivity index (χ4v) is 4.13. The van der Waals surface area contributed by atoms with E-state index in [0.29, 0.717) is 6.61 Å². The molecule has 0 atom stereocenters. The molecule has 2 aromatic carbocycles. The molecule has 0 fully saturated rings. The summed E-state index contributed by atoms with van der Waals surface area (Å²) >= 11 is 9.90. The Kier molecular flexibility index (Phi) is 5.11. The van der Waals surface area contributed by atoms with Crippen molar-refractivity contribution in [3.05, 3.63) is 59.4 Å². The van der Waals surface area contributed by atoms with Crippen LogP contribution >= 0.6 is 27.5 Å². The molecule has 2 heterocycles. The van der Waals surface area contributed by atoms with Gasteiger partial charge >= 0.3 is 0 Å². The first kappa shape index (κ1) is 18.3. The number of halogens is 2. The van der Waals surface area contributed by atoms with Gasteiger partial charge in [-0.2, -0.15) is 0 Å². The first-order valence-electron chi connectivity index (χ1n) is 9.00. The minimum Gasteiger partial charge on any atom is -0.493 e. The Bertz CT molecular complexity index is 1120. The van der Waals surface area contributed by atoms with Crippen LogP contribution in [0.2, 0.25) is 5.02 Å². The maximum absolute atomic E-state index is 6.51. The highest BCUT2D eigenvalue weighted by Crippen LogP contribution is 2.39. The van der Waals surface area contributed by atoms with Crippen LogP contribution in [0.25, 0.3) is 32.9 Å². The Morgan fingerprint density at radius 2 is 1.85 bits per heavy atom. The summed E-state index contributed by atoms with van der Waals surface area (Å²) in [7, 11) is 0. The van der Waals surface area contributed by atoms with E-state index in [0.717, 1.165) is 39.5 Å². The average Bonchev–Trinajstić information content (AvgIpc) is 3.01. The maximum Gasteiger partial charge on any atom is 0.119 e. The number of ether oxygens (including phenoxy) is 1. The number of aromatic nitrogens is 2. The Morgan fingerprint density at radius 1 is 1.07 bits per heavy atom. The molecule has 5 heteroatoms. The quantitative estimate of drug-likeness (QED) is 0.324. The van der Waals surface area contributed by atoms with E-state index in [4.69, 9.17) is 16.3 Å². The van der Waals surface area contributed by atoms with Gasteiger partial charge in [-0.25, -0.2) is 0 Å². The van der Waals surface area contributed by atoms with Crippen molar-refractivity contribution in [2.45, 2.75) is 20.4 Å². The lowest BCUT2D eigenvalue weighted by atomic mass is 10.0. The number of hydrogen-bond donors (Lipinski definition) is 0. The van der Waals surface area contributed by atoms with Crippen LogP contribution in [0.1, 0.15) is 12.6 Å². The summed E-state index contributed by atoms with van der Waals surface area (Å²) in [5.41, 5.74) is 5.66. The molecule has 0 N–H and O–H groups in total. The molecule has 3 nitrogen and oxygen atoms in total. The van der Waals surface area contributed by atoms with Gasteiger partial charge in [0.25, 0.3) is 0 Å². The maximum atomic E-state index is 6.51. The Hall–Kier alpha value is -2.04. The monoisotopic (exact) mass is 442 g/mol. The minimum atomic E-state index is 0.650. The van der Waals surface area contributed by atoms with Crippen LogP contribution in [-0.4, -0.2) is 21.5 Å². The molecule has 27 heavy (non-hydrogen) atoms. The fraction of sp³-hybridized carbons (Fsp3) is 0.227. The molecule has 4 aromatic rings. The molecular weight excluding hydrogens is 424 g/mol. The smallest absolute Gasteiger partial charge is 0.119 e. The predicted octanol–water partition coefficient (Wildman–Crippen LogP) is 6.61. The zero-order valence-electron chi connectivity index (χ0n) is 15.3. The van der Waals surface area contributed by atoms with Crippen LogP contribution in [0.4, 0.5) is 0 Å². The van der Waals surface area contributed by atoms with E-state index in [1.807, 2.05) is 24.4 Å². The van der Waals surface area contributed by atoms with E-state index in [1.165, 1.54) is 21.8 Å². The largest absolute Gasteiger partial charge is 0.493 e. The van der Waals surface area contributed by atoms with E-state index < -0.39 is 0 Å². The van der Waals surface area contributed by atoms with Gasteiger partial charge in [0.15, 0.2) is 0 Å². The van der Waals surface area contributed by atoms with E-state index in [1.54, 1.807) is 0 Å². The Morgan fingerprint density at radius 3 is 2.56 bits per heavy atom. The lowest BCUT2D eigenvalue weighted by Gasteiger charge is -2.11. The highest BCUT2D eigenvalue weighted by molar-refractivity contribution is 9.09. The van der Waals surface area contributed by atoms with Gasteiger partial charge in [-0.3, -0.25) is 4.98 Å². The number of rotatable bonds is 5. The second-order valence-electron chi connectivity index (χ2n) is 6.45. The Labute approximate surface area is 172 Å². The summed E-state index contributed by atoms with van der Waals surface area (Å²) in [5.74, 6) is 0.868. The molecule has 0 saturated carbocycles. The lowest BCUT2D eigenvalue weighted by Crippen LogP contribution is -1.98. The molecule has 0 amide bonds. The standard InChI is InChI=1S/C22H20BrClN2O/c1-3-26-21-14(2)25-10-8-18(21)20-13-16(24)12-19(22(20)26)15-4-6-17(7-5-15)27-11-9-23/h4-8,10,12-13H,3,9,11H2,1-2H3. The molecule has 2 aromatic heterocycles. The van der Waals surface area contributed by atoms with Gasteiger partial charge in [-0.05, 0) is 49.7 Å². The number of pyridine rings is 1. The van der Waals surface area contributed by atoms with Gasteiger partial charge in [-0.1, -0.05) is 39.7 Å². The summed E-state index contributed by atoms with van der Waals surface area (Å²) < 4.78 is 8.02. The van der Waals surface area contributed by atoms with Crippen molar-refractivity contribution >= 4 is 49.3 Å². The molecule has 0 unspecified atom stereocenters. The van der Waals surface area contributed by atoms with Crippen molar-refractivity contribution in [1.82, 2.24) is 9.55 Å². The summed E-state index contributed by atoms with van der Waals surface area (Å²) in [6, 6.07) is 14.4. The SMILES string of the molecule is CCn1c2c(-c3ccc(OCCBr)cc3)cc(Cl)cc2c2ccnc(C)c21. The molecule has 0 aliphatic carbocycles. The van der Waals surface area contributed by atoms with Gasteiger partial charge in [-0.15, -0.1) is 0 Å². The summed E-state index contributed by atoms with van der Waals surface area (Å²) in [5, 5.41) is 3.91. The van der Waals surface area contributed by atoms with Crippen molar-refractivity contribution in [3.8, 4) is 16.9 Å². The third-order valence-corrected chi connectivity index (χ3v) is 5.38. The van der Waals surface area contributed by atoms with Crippen molar-refractivity contribution < 1.29 is 4.74 Å². The van der Waals surface area contributed by atoms with Gasteiger partial charge in [0.2, 0.25) is 0 Å². The fourth-order valence-electron chi connectivity index (χ4n) is 3.75. The third kappa shape index (κ3) is 3.21. The van der Waals surface area contributed by atoms with E-state index in [2.05, 4.69) is 63.6 Å². The van der Waals surface area contributed by atoms with Gasteiger partial charge in [0.05, 0.1) is 23.3 Å². The molecule has 0 spiro atoms. The number of aryl methyl sites for hydroxylation is 2. The second-order valence-corrected chi connectivity index (χ2v) is 7.68. The molecular formula is C22H20BrClN2O. The molecule has 0 aliphatic heterocycles. The highest BCUT2D eigenvalue weighted by Gasteiger charge is 2.17. The van der Waals surface area contributed by atoms with Crippen molar-refractivity contribution in [3.63, 3.8) is 0 Å². The summed E-state index contributed by atoms with van der Waals surface area (Å²) in [4.78, 5) is 4.50. The average molecular weight is 444 g/mol. The predicted molar refractivity (Wildman–Crippen MR) is 117 cm³/mol. The number of alkyl halides is 1. The normalized spacial score (nSPS) is 11.4. The van der Waals surface area contributed by atoms with Crippen molar-refractivity contribution in [1.29, 1.82) is 0 Å². The van der Waals surface area contributed by atoms with Crippen LogP contribution in [0.3, 0.4) is 0 Å². The molecule has 4 rings (SSSR count). The lowest BCUT2D eigenvalue weighted by molar-refractivity contribution is 0.345. The zero-order valence-corrected chi connectivity index (χ0v) is 17.6. The first-order chi connectivity index (χ1) is 13.1. The summed E-state index contributed by atoms with van der Waals surface area (Å²) in [6.07, 6.45) is 1.87. The van der Waals surface area contributed by atoms with Crippen molar-refractivity contribution in [2.75, 3.05) is 11.9 Å². The van der Waals surface area contributed by atoms with Crippen LogP contribution in [0, 0.1) is 6.92 Å². The van der Waals surface area contributed by atoms with Gasteiger partial charge < -0.3 is 9.30 Å². The minimum absolute atomic E-state index is 0.650. The van der Waals surface area contributed by atoms with Crippen LogP contribution in [0.5, 0.6) is 5.75 Å². The van der Waals surface area contributed by atoms with Crippen molar-refractivity contribution in [2.24, 2.45) is 0 Å². The number of hydrogen-bond acceptors (Lipinski definition) is 2. The molecule has 138 valence electrons. The van der Waals surface area contributed by atoms with Gasteiger partial charge in [0, 0.05) is 39.4 Å². The van der Waals surface area contributed by atoms with E-state index in [-0.39, 0.29) is 0 Å². The molecule has 0 saturated heterocycles. The second kappa shape index (κ2) is 7.53. The number of fused-ring (bicyclic) bond motifs is 3. The number of nitrogens with zero attached hydrogens (tertiary/aromatic N) is 2. The third-order valence-electron chi connectivity index (χ3n) is 4.84. The van der Waals surface area contributed by atoms with E-state index in [9.17, 15) is 0 Å². The van der Waals surface area contributed by atoms with E-state index >= 15 is 0 Å². The molecule has 0 aliphatic rings. The summed E-state index contributed by atoms with van der Waals surface area (Å²) in [6.45, 7) is 5.75. The number of benzene rings is 2. The topological polar surface area (TPSA) is 27.1 Å². The van der Waals surface area contributed by atoms with Crippen LogP contribution in [-0.2, 0) is 6.54 Å². The molecule has 0 radical (unpaired) electrons. The highest BCUT2D eigenvalue weighted by atomic mass is 79.9. The van der Waals surface area contributed by atoms with Gasteiger partial charge in [0.1, 0.15) is 5.75 Å². The molecule has 0 bridgehead atoms. The zero-order chi connectivity index (χ0) is 19.0. The Balaban J connectivity index is 1.98.